The van der Waals surface area contributed by atoms with Crippen molar-refractivity contribution in [1.82, 2.24) is 15.4 Å². The monoisotopic (exact) mass is 209 g/mol. The fraction of sp³-hybridized carbons (Fsp3) is 0.222. The molecule has 0 fully saturated rings. The van der Waals surface area contributed by atoms with Gasteiger partial charge in [0, 0.05) is 11.1 Å². The molecule has 2 heterocycles. The summed E-state index contributed by atoms with van der Waals surface area (Å²) in [5.74, 6) is 0.756. The van der Waals surface area contributed by atoms with Gasteiger partial charge in [-0.25, -0.2) is 0 Å². The SMILES string of the molecule is Cc1noc(C)c1-c1cnnc(Cl)c1. The van der Waals surface area contributed by atoms with Crippen LogP contribution in [0.2, 0.25) is 5.15 Å². The second-order valence-electron chi connectivity index (χ2n) is 2.97. The molecular weight excluding hydrogens is 202 g/mol. The molecule has 0 aliphatic rings. The average Bonchev–Trinajstić information content (AvgIpc) is 2.46. The Bertz CT molecular complexity index is 447. The molecule has 0 aliphatic carbocycles. The fourth-order valence-corrected chi connectivity index (χ4v) is 1.53. The van der Waals surface area contributed by atoms with Crippen LogP contribution in [-0.4, -0.2) is 15.4 Å². The van der Waals surface area contributed by atoms with Crippen LogP contribution in [0.4, 0.5) is 0 Å². The third-order valence-electron chi connectivity index (χ3n) is 1.95. The highest BCUT2D eigenvalue weighted by Crippen LogP contribution is 2.26. The van der Waals surface area contributed by atoms with E-state index >= 15 is 0 Å². The van der Waals surface area contributed by atoms with Crippen molar-refractivity contribution in [2.75, 3.05) is 0 Å². The van der Waals surface area contributed by atoms with Gasteiger partial charge in [0.2, 0.25) is 0 Å². The molecule has 2 aromatic heterocycles. The molecule has 0 N–H and O–H groups in total. The maximum atomic E-state index is 5.74. The van der Waals surface area contributed by atoms with E-state index in [-0.39, 0.29) is 0 Å². The molecule has 0 bridgehead atoms. The normalized spacial score (nSPS) is 10.5. The van der Waals surface area contributed by atoms with Gasteiger partial charge in [0.15, 0.2) is 5.15 Å². The minimum atomic E-state index is 0.363. The first-order valence-corrected chi connectivity index (χ1v) is 4.48. The summed E-state index contributed by atoms with van der Waals surface area (Å²) in [6.07, 6.45) is 1.64. The highest BCUT2D eigenvalue weighted by molar-refractivity contribution is 6.29. The van der Waals surface area contributed by atoms with Gasteiger partial charge in [-0.3, -0.25) is 0 Å². The standard InChI is InChI=1S/C9H8ClN3O/c1-5-9(6(2)14-13-5)7-3-8(10)12-11-4-7/h3-4H,1-2H3. The van der Waals surface area contributed by atoms with Crippen LogP contribution in [0.15, 0.2) is 16.8 Å². The lowest BCUT2D eigenvalue weighted by atomic mass is 10.1. The minimum absolute atomic E-state index is 0.363. The van der Waals surface area contributed by atoms with Crippen molar-refractivity contribution in [2.45, 2.75) is 13.8 Å². The molecule has 0 spiro atoms. The maximum Gasteiger partial charge on any atom is 0.152 e. The molecule has 0 aliphatic heterocycles. The molecule has 0 radical (unpaired) electrons. The predicted molar refractivity (Wildman–Crippen MR) is 52.0 cm³/mol. The molecular formula is C9H8ClN3O. The zero-order chi connectivity index (χ0) is 10.1. The summed E-state index contributed by atoms with van der Waals surface area (Å²) in [6, 6.07) is 1.74. The smallest absolute Gasteiger partial charge is 0.152 e. The van der Waals surface area contributed by atoms with Crippen molar-refractivity contribution in [3.63, 3.8) is 0 Å². The fourth-order valence-electron chi connectivity index (χ4n) is 1.37. The number of hydrogen-bond acceptors (Lipinski definition) is 4. The molecule has 0 unspecified atom stereocenters. The van der Waals surface area contributed by atoms with E-state index in [1.54, 1.807) is 12.3 Å². The van der Waals surface area contributed by atoms with E-state index in [1.165, 1.54) is 0 Å². The van der Waals surface area contributed by atoms with Crippen LogP contribution >= 0.6 is 11.6 Å². The van der Waals surface area contributed by atoms with Gasteiger partial charge in [-0.2, -0.15) is 5.10 Å². The summed E-state index contributed by atoms with van der Waals surface area (Å²) >= 11 is 5.74. The van der Waals surface area contributed by atoms with Crippen LogP contribution in [0.25, 0.3) is 11.1 Å². The van der Waals surface area contributed by atoms with Crippen LogP contribution in [0, 0.1) is 13.8 Å². The molecule has 0 saturated heterocycles. The number of aryl methyl sites for hydroxylation is 2. The number of rotatable bonds is 1. The van der Waals surface area contributed by atoms with Gasteiger partial charge in [-0.15, -0.1) is 5.10 Å². The third kappa shape index (κ3) is 1.48. The summed E-state index contributed by atoms with van der Waals surface area (Å²) in [4.78, 5) is 0. The first-order valence-electron chi connectivity index (χ1n) is 4.10. The molecule has 0 saturated carbocycles. The van der Waals surface area contributed by atoms with Crippen molar-refractivity contribution in [2.24, 2.45) is 0 Å². The first-order chi connectivity index (χ1) is 6.68. The molecule has 4 nitrogen and oxygen atoms in total. The molecule has 2 rings (SSSR count). The molecule has 14 heavy (non-hydrogen) atoms. The van der Waals surface area contributed by atoms with E-state index in [2.05, 4.69) is 15.4 Å². The number of nitrogens with zero attached hydrogens (tertiary/aromatic N) is 3. The van der Waals surface area contributed by atoms with E-state index in [0.29, 0.717) is 5.15 Å². The van der Waals surface area contributed by atoms with Gasteiger partial charge in [-0.05, 0) is 19.9 Å². The Morgan fingerprint density at radius 2 is 2.14 bits per heavy atom. The summed E-state index contributed by atoms with van der Waals surface area (Å²) < 4.78 is 5.05. The van der Waals surface area contributed by atoms with Gasteiger partial charge in [0.1, 0.15) is 5.76 Å². The highest BCUT2D eigenvalue weighted by Gasteiger charge is 2.11. The second kappa shape index (κ2) is 3.38. The summed E-state index contributed by atoms with van der Waals surface area (Å²) in [5.41, 5.74) is 2.63. The van der Waals surface area contributed by atoms with Gasteiger partial charge in [0.25, 0.3) is 0 Å². The molecule has 0 amide bonds. The summed E-state index contributed by atoms with van der Waals surface area (Å²) in [7, 11) is 0. The van der Waals surface area contributed by atoms with Crippen LogP contribution in [0.1, 0.15) is 11.5 Å². The molecule has 0 atom stereocenters. The first kappa shape index (κ1) is 9.15. The second-order valence-corrected chi connectivity index (χ2v) is 3.35. The van der Waals surface area contributed by atoms with Crippen molar-refractivity contribution >= 4 is 11.6 Å². The van der Waals surface area contributed by atoms with E-state index < -0.39 is 0 Å². The lowest BCUT2D eigenvalue weighted by Gasteiger charge is -1.98. The highest BCUT2D eigenvalue weighted by atomic mass is 35.5. The van der Waals surface area contributed by atoms with Gasteiger partial charge < -0.3 is 4.52 Å². The van der Waals surface area contributed by atoms with Crippen LogP contribution in [0.5, 0.6) is 0 Å². The van der Waals surface area contributed by atoms with Gasteiger partial charge >= 0.3 is 0 Å². The summed E-state index contributed by atoms with van der Waals surface area (Å²) in [5, 5.41) is 11.7. The molecule has 5 heteroatoms. The average molecular weight is 210 g/mol. The van der Waals surface area contributed by atoms with Crippen molar-refractivity contribution in [3.05, 3.63) is 28.9 Å². The molecule has 2 aromatic rings. The zero-order valence-electron chi connectivity index (χ0n) is 7.78. The Hall–Kier alpha value is -1.42. The van der Waals surface area contributed by atoms with E-state index in [0.717, 1.165) is 22.6 Å². The Morgan fingerprint density at radius 3 is 2.71 bits per heavy atom. The predicted octanol–water partition coefficient (Wildman–Crippen LogP) is 2.40. The zero-order valence-corrected chi connectivity index (χ0v) is 8.54. The van der Waals surface area contributed by atoms with Crippen LogP contribution in [0.3, 0.4) is 0 Å². The lowest BCUT2D eigenvalue weighted by molar-refractivity contribution is 0.393. The van der Waals surface area contributed by atoms with Crippen molar-refractivity contribution < 1.29 is 4.52 Å². The third-order valence-corrected chi connectivity index (χ3v) is 2.13. The Kier molecular flexibility index (Phi) is 2.21. The van der Waals surface area contributed by atoms with Crippen molar-refractivity contribution in [3.8, 4) is 11.1 Å². The van der Waals surface area contributed by atoms with Crippen LogP contribution < -0.4 is 0 Å². The Labute approximate surface area is 85.9 Å². The molecule has 0 aromatic carbocycles. The minimum Gasteiger partial charge on any atom is -0.361 e. The lowest BCUT2D eigenvalue weighted by Crippen LogP contribution is -1.86. The summed E-state index contributed by atoms with van der Waals surface area (Å²) in [6.45, 7) is 3.73. The van der Waals surface area contributed by atoms with E-state index in [4.69, 9.17) is 16.1 Å². The van der Waals surface area contributed by atoms with Gasteiger partial charge in [-0.1, -0.05) is 16.8 Å². The maximum absolute atomic E-state index is 5.74. The number of halogens is 1. The Morgan fingerprint density at radius 1 is 1.36 bits per heavy atom. The molecule has 72 valence electrons. The van der Waals surface area contributed by atoms with Gasteiger partial charge in [0.05, 0.1) is 11.9 Å². The number of hydrogen-bond donors (Lipinski definition) is 0. The largest absolute Gasteiger partial charge is 0.361 e. The van der Waals surface area contributed by atoms with E-state index in [1.807, 2.05) is 13.8 Å². The number of aromatic nitrogens is 3. The van der Waals surface area contributed by atoms with Crippen LogP contribution in [-0.2, 0) is 0 Å². The Balaban J connectivity index is 2.59. The quantitative estimate of drug-likeness (QED) is 0.724. The topological polar surface area (TPSA) is 51.8 Å². The van der Waals surface area contributed by atoms with Crippen molar-refractivity contribution in [1.29, 1.82) is 0 Å². The van der Waals surface area contributed by atoms with E-state index in [9.17, 15) is 0 Å².